The molecule has 1 saturated heterocycles. The molecular weight excluding hydrogens is 358 g/mol. The van der Waals surface area contributed by atoms with Gasteiger partial charge < -0.3 is 15.1 Å². The van der Waals surface area contributed by atoms with Gasteiger partial charge in [-0.3, -0.25) is 4.40 Å². The summed E-state index contributed by atoms with van der Waals surface area (Å²) in [6.45, 7) is 3.48. The number of hydrogen-bond donors (Lipinski definition) is 1. The largest absolute Gasteiger partial charge is 0.368 e. The van der Waals surface area contributed by atoms with E-state index in [1.54, 1.807) is 11.3 Å². The number of hydrogen-bond acceptors (Lipinski definition) is 4. The van der Waals surface area contributed by atoms with E-state index in [2.05, 4.69) is 15.2 Å². The maximum atomic E-state index is 12.4. The third kappa shape index (κ3) is 3.57. The Morgan fingerprint density at radius 1 is 1.20 bits per heavy atom. The van der Waals surface area contributed by atoms with Gasteiger partial charge >= 0.3 is 6.03 Å². The summed E-state index contributed by atoms with van der Waals surface area (Å²) in [6, 6.07) is 7.79. The molecule has 1 aromatic carbocycles. The SMILES string of the molecule is O=C(NCc1cn2ccsc2n1)N1CCN(c2ccc(Cl)cc2)CC1. The zero-order valence-corrected chi connectivity index (χ0v) is 15.1. The van der Waals surface area contributed by atoms with E-state index in [4.69, 9.17) is 11.6 Å². The molecule has 25 heavy (non-hydrogen) atoms. The molecule has 0 radical (unpaired) electrons. The summed E-state index contributed by atoms with van der Waals surface area (Å²) in [6.07, 6.45) is 3.92. The van der Waals surface area contributed by atoms with Crippen LogP contribution in [0.1, 0.15) is 5.69 Å². The molecule has 1 fully saturated rings. The summed E-state index contributed by atoms with van der Waals surface area (Å²) in [5.41, 5.74) is 2.02. The van der Waals surface area contributed by atoms with Crippen molar-refractivity contribution >= 4 is 39.6 Å². The first-order valence-corrected chi connectivity index (χ1v) is 9.39. The number of fused-ring (bicyclic) bond motifs is 1. The first-order chi connectivity index (χ1) is 12.2. The maximum absolute atomic E-state index is 12.4. The summed E-state index contributed by atoms with van der Waals surface area (Å²) in [5.74, 6) is 0. The van der Waals surface area contributed by atoms with Crippen molar-refractivity contribution in [1.29, 1.82) is 0 Å². The third-order valence-corrected chi connectivity index (χ3v) is 5.35. The number of urea groups is 1. The zero-order chi connectivity index (χ0) is 17.2. The minimum Gasteiger partial charge on any atom is -0.368 e. The number of aromatic nitrogens is 2. The molecule has 8 heteroatoms. The predicted molar refractivity (Wildman–Crippen MR) is 101 cm³/mol. The normalized spacial score (nSPS) is 14.9. The molecule has 0 unspecified atom stereocenters. The number of carbonyl (C=O) groups excluding carboxylic acids is 1. The molecule has 0 saturated carbocycles. The Bertz CT molecular complexity index is 838. The quantitative estimate of drug-likeness (QED) is 0.765. The molecule has 6 nitrogen and oxygen atoms in total. The zero-order valence-electron chi connectivity index (χ0n) is 13.6. The fraction of sp³-hybridized carbons (Fsp3) is 0.294. The van der Waals surface area contributed by atoms with Crippen LogP contribution in [0.2, 0.25) is 5.02 Å². The lowest BCUT2D eigenvalue weighted by Gasteiger charge is -2.36. The average Bonchev–Trinajstić information content (AvgIpc) is 3.22. The Kier molecular flexibility index (Phi) is 4.50. The van der Waals surface area contributed by atoms with Gasteiger partial charge in [0.1, 0.15) is 0 Å². The Labute approximate surface area is 154 Å². The van der Waals surface area contributed by atoms with Gasteiger partial charge in [0.25, 0.3) is 0 Å². The fourth-order valence-electron chi connectivity index (χ4n) is 2.96. The standard InChI is InChI=1S/C17H18ClN5OS/c18-13-1-3-15(4-2-13)21-5-7-22(8-6-21)16(24)19-11-14-12-23-9-10-25-17(23)20-14/h1-4,9-10,12H,5-8,11H2,(H,19,24). The lowest BCUT2D eigenvalue weighted by Crippen LogP contribution is -2.51. The highest BCUT2D eigenvalue weighted by atomic mass is 35.5. The molecule has 3 heterocycles. The molecule has 1 aliphatic rings. The highest BCUT2D eigenvalue weighted by Gasteiger charge is 2.21. The number of thiazole rings is 1. The van der Waals surface area contributed by atoms with Crippen LogP contribution in [0.3, 0.4) is 0 Å². The highest BCUT2D eigenvalue weighted by Crippen LogP contribution is 2.19. The van der Waals surface area contributed by atoms with Crippen LogP contribution in [-0.2, 0) is 6.54 Å². The number of nitrogens with zero attached hydrogens (tertiary/aromatic N) is 4. The van der Waals surface area contributed by atoms with E-state index in [0.717, 1.165) is 34.5 Å². The fourth-order valence-corrected chi connectivity index (χ4v) is 3.80. The van der Waals surface area contributed by atoms with Gasteiger partial charge in [-0.1, -0.05) is 11.6 Å². The monoisotopic (exact) mass is 375 g/mol. The molecular formula is C17H18ClN5OS. The van der Waals surface area contributed by atoms with E-state index in [1.807, 2.05) is 51.3 Å². The van der Waals surface area contributed by atoms with E-state index in [-0.39, 0.29) is 6.03 Å². The summed E-state index contributed by atoms with van der Waals surface area (Å²) in [7, 11) is 0. The van der Waals surface area contributed by atoms with Crippen LogP contribution >= 0.6 is 22.9 Å². The number of nitrogens with one attached hydrogen (secondary N) is 1. The van der Waals surface area contributed by atoms with Gasteiger partial charge in [-0.25, -0.2) is 9.78 Å². The van der Waals surface area contributed by atoms with Crippen molar-refractivity contribution in [3.05, 3.63) is 52.8 Å². The Morgan fingerprint density at radius 3 is 2.68 bits per heavy atom. The lowest BCUT2D eigenvalue weighted by molar-refractivity contribution is 0.194. The van der Waals surface area contributed by atoms with Crippen LogP contribution in [0.25, 0.3) is 4.96 Å². The molecule has 2 aromatic heterocycles. The van der Waals surface area contributed by atoms with Crippen LogP contribution in [0, 0.1) is 0 Å². The van der Waals surface area contributed by atoms with Crippen molar-refractivity contribution in [2.45, 2.75) is 6.54 Å². The van der Waals surface area contributed by atoms with E-state index in [1.165, 1.54) is 0 Å². The molecule has 0 bridgehead atoms. The molecule has 3 aromatic rings. The lowest BCUT2D eigenvalue weighted by atomic mass is 10.2. The summed E-state index contributed by atoms with van der Waals surface area (Å²) in [5, 5.41) is 5.69. The van der Waals surface area contributed by atoms with Crippen LogP contribution in [-0.4, -0.2) is 46.5 Å². The predicted octanol–water partition coefficient (Wildman–Crippen LogP) is 3.08. The second-order valence-corrected chi connectivity index (χ2v) is 7.24. The van der Waals surface area contributed by atoms with Gasteiger partial charge in [-0.2, -0.15) is 0 Å². The first-order valence-electron chi connectivity index (χ1n) is 8.13. The van der Waals surface area contributed by atoms with Crippen molar-refractivity contribution in [2.24, 2.45) is 0 Å². The van der Waals surface area contributed by atoms with E-state index < -0.39 is 0 Å². The number of amides is 2. The summed E-state index contributed by atoms with van der Waals surface area (Å²) in [4.78, 5) is 21.9. The van der Waals surface area contributed by atoms with Crippen LogP contribution in [0.15, 0.2) is 42.0 Å². The first kappa shape index (κ1) is 16.2. The number of imidazole rings is 1. The molecule has 1 aliphatic heterocycles. The van der Waals surface area contributed by atoms with Crippen molar-refractivity contribution in [3.63, 3.8) is 0 Å². The Morgan fingerprint density at radius 2 is 1.96 bits per heavy atom. The smallest absolute Gasteiger partial charge is 0.317 e. The van der Waals surface area contributed by atoms with Crippen molar-refractivity contribution in [1.82, 2.24) is 19.6 Å². The van der Waals surface area contributed by atoms with Crippen molar-refractivity contribution < 1.29 is 4.79 Å². The minimum absolute atomic E-state index is 0.0351. The van der Waals surface area contributed by atoms with Crippen molar-refractivity contribution in [3.8, 4) is 0 Å². The molecule has 2 amide bonds. The van der Waals surface area contributed by atoms with Crippen molar-refractivity contribution in [2.75, 3.05) is 31.1 Å². The molecule has 1 N–H and O–H groups in total. The molecule has 0 spiro atoms. The maximum Gasteiger partial charge on any atom is 0.317 e. The number of anilines is 1. The molecule has 0 atom stereocenters. The van der Waals surface area contributed by atoms with Gasteiger partial charge in [0.15, 0.2) is 4.96 Å². The summed E-state index contributed by atoms with van der Waals surface area (Å²) < 4.78 is 1.97. The summed E-state index contributed by atoms with van der Waals surface area (Å²) >= 11 is 7.52. The highest BCUT2D eigenvalue weighted by molar-refractivity contribution is 7.15. The van der Waals surface area contributed by atoms with Gasteiger partial charge in [0.05, 0.1) is 12.2 Å². The molecule has 4 rings (SSSR count). The average molecular weight is 376 g/mol. The number of halogens is 1. The van der Waals surface area contributed by atoms with Gasteiger partial charge in [-0.15, -0.1) is 11.3 Å². The van der Waals surface area contributed by atoms with Crippen LogP contribution in [0.5, 0.6) is 0 Å². The second kappa shape index (κ2) is 6.93. The second-order valence-electron chi connectivity index (χ2n) is 5.93. The topological polar surface area (TPSA) is 52.9 Å². The molecule has 130 valence electrons. The van der Waals surface area contributed by atoms with Gasteiger partial charge in [-0.05, 0) is 24.3 Å². The number of rotatable bonds is 3. The number of piperazine rings is 1. The third-order valence-electron chi connectivity index (χ3n) is 4.32. The number of benzene rings is 1. The van der Waals surface area contributed by atoms with Crippen LogP contribution in [0.4, 0.5) is 10.5 Å². The van der Waals surface area contributed by atoms with E-state index in [9.17, 15) is 4.79 Å². The Hall–Kier alpha value is -2.25. The number of carbonyl (C=O) groups is 1. The van der Waals surface area contributed by atoms with E-state index in [0.29, 0.717) is 19.6 Å². The molecule has 0 aliphatic carbocycles. The van der Waals surface area contributed by atoms with Gasteiger partial charge in [0, 0.05) is 54.7 Å². The van der Waals surface area contributed by atoms with E-state index >= 15 is 0 Å². The van der Waals surface area contributed by atoms with Gasteiger partial charge in [0.2, 0.25) is 0 Å². The minimum atomic E-state index is -0.0351. The Balaban J connectivity index is 1.29. The van der Waals surface area contributed by atoms with Crippen LogP contribution < -0.4 is 10.2 Å².